The summed E-state index contributed by atoms with van der Waals surface area (Å²) in [5, 5.41) is 3.04. The highest BCUT2D eigenvalue weighted by molar-refractivity contribution is 6.31. The van der Waals surface area contributed by atoms with Crippen molar-refractivity contribution >= 4 is 23.2 Å². The highest BCUT2D eigenvalue weighted by Gasteiger charge is 2.18. The average Bonchev–Trinajstić information content (AvgIpc) is 3.14. The van der Waals surface area contributed by atoms with Crippen LogP contribution >= 0.6 is 11.6 Å². The van der Waals surface area contributed by atoms with Crippen LogP contribution in [0, 0.1) is 0 Å². The van der Waals surface area contributed by atoms with E-state index in [0.717, 1.165) is 10.8 Å². The quantitative estimate of drug-likeness (QED) is 0.700. The van der Waals surface area contributed by atoms with Gasteiger partial charge in [-0.3, -0.25) is 14.2 Å². The SMILES string of the molecule is O=C(Nc1ccc2c(c1)OCO2)c1c[nH]c(=O)n(Cc2ccccc2Cl)c1=O. The van der Waals surface area contributed by atoms with Gasteiger partial charge in [0.1, 0.15) is 5.56 Å². The van der Waals surface area contributed by atoms with Crippen molar-refractivity contribution in [2.75, 3.05) is 12.1 Å². The van der Waals surface area contributed by atoms with Crippen LogP contribution in [-0.4, -0.2) is 22.3 Å². The Kier molecular flexibility index (Phi) is 4.62. The molecule has 0 fully saturated rings. The predicted molar refractivity (Wildman–Crippen MR) is 102 cm³/mol. The molecule has 0 spiro atoms. The Hall–Kier alpha value is -3.52. The van der Waals surface area contributed by atoms with Crippen molar-refractivity contribution < 1.29 is 14.3 Å². The Morgan fingerprint density at radius 2 is 1.93 bits per heavy atom. The third-order valence-electron chi connectivity index (χ3n) is 4.22. The first-order valence-electron chi connectivity index (χ1n) is 8.30. The van der Waals surface area contributed by atoms with Crippen LogP contribution in [0.4, 0.5) is 5.69 Å². The molecule has 4 rings (SSSR count). The lowest BCUT2D eigenvalue weighted by atomic mass is 10.2. The maximum Gasteiger partial charge on any atom is 0.328 e. The van der Waals surface area contributed by atoms with E-state index >= 15 is 0 Å². The molecule has 9 heteroatoms. The van der Waals surface area contributed by atoms with Gasteiger partial charge in [-0.2, -0.15) is 0 Å². The lowest BCUT2D eigenvalue weighted by Crippen LogP contribution is -2.39. The number of hydrogen-bond acceptors (Lipinski definition) is 5. The second kappa shape index (κ2) is 7.24. The van der Waals surface area contributed by atoms with Gasteiger partial charge in [0.15, 0.2) is 11.5 Å². The van der Waals surface area contributed by atoms with Gasteiger partial charge in [-0.05, 0) is 23.8 Å². The van der Waals surface area contributed by atoms with Gasteiger partial charge in [-0.1, -0.05) is 29.8 Å². The number of ether oxygens (including phenoxy) is 2. The monoisotopic (exact) mass is 399 g/mol. The second-order valence-electron chi connectivity index (χ2n) is 6.01. The van der Waals surface area contributed by atoms with Crippen molar-refractivity contribution in [3.63, 3.8) is 0 Å². The minimum atomic E-state index is -0.720. The number of anilines is 1. The number of carbonyl (C=O) groups excluding carboxylic acids is 1. The Labute approximate surface area is 163 Å². The van der Waals surface area contributed by atoms with E-state index in [9.17, 15) is 14.4 Å². The van der Waals surface area contributed by atoms with Crippen molar-refractivity contribution in [1.82, 2.24) is 9.55 Å². The number of fused-ring (bicyclic) bond motifs is 1. The molecule has 0 saturated heterocycles. The summed E-state index contributed by atoms with van der Waals surface area (Å²) in [7, 11) is 0. The maximum absolute atomic E-state index is 12.7. The molecule has 0 bridgehead atoms. The average molecular weight is 400 g/mol. The van der Waals surface area contributed by atoms with Crippen LogP contribution in [0.1, 0.15) is 15.9 Å². The molecule has 1 aromatic heterocycles. The highest BCUT2D eigenvalue weighted by Crippen LogP contribution is 2.34. The molecule has 2 N–H and O–H groups in total. The van der Waals surface area contributed by atoms with Crippen LogP contribution in [-0.2, 0) is 6.54 Å². The van der Waals surface area contributed by atoms with E-state index in [-0.39, 0.29) is 18.9 Å². The van der Waals surface area contributed by atoms with E-state index in [2.05, 4.69) is 10.3 Å². The van der Waals surface area contributed by atoms with Crippen LogP contribution in [0.25, 0.3) is 0 Å². The lowest BCUT2D eigenvalue weighted by Gasteiger charge is -2.09. The molecule has 0 aliphatic carbocycles. The largest absolute Gasteiger partial charge is 0.454 e. The molecule has 142 valence electrons. The van der Waals surface area contributed by atoms with Gasteiger partial charge < -0.3 is 19.8 Å². The second-order valence-corrected chi connectivity index (χ2v) is 6.42. The van der Waals surface area contributed by atoms with Crippen molar-refractivity contribution in [1.29, 1.82) is 0 Å². The molecular weight excluding hydrogens is 386 g/mol. The number of amides is 1. The van der Waals surface area contributed by atoms with Crippen molar-refractivity contribution in [3.05, 3.63) is 85.6 Å². The van der Waals surface area contributed by atoms with Gasteiger partial charge in [-0.25, -0.2) is 4.79 Å². The zero-order chi connectivity index (χ0) is 19.7. The first kappa shape index (κ1) is 17.9. The number of nitrogens with zero attached hydrogens (tertiary/aromatic N) is 1. The van der Waals surface area contributed by atoms with E-state index < -0.39 is 17.2 Å². The lowest BCUT2D eigenvalue weighted by molar-refractivity contribution is 0.102. The number of benzene rings is 2. The fourth-order valence-electron chi connectivity index (χ4n) is 2.79. The number of H-pyrrole nitrogens is 1. The van der Waals surface area contributed by atoms with E-state index in [1.807, 2.05) is 0 Å². The summed E-state index contributed by atoms with van der Waals surface area (Å²) < 4.78 is 11.4. The fourth-order valence-corrected chi connectivity index (χ4v) is 2.98. The van der Waals surface area contributed by atoms with E-state index in [1.54, 1.807) is 42.5 Å². The molecule has 0 unspecified atom stereocenters. The third kappa shape index (κ3) is 3.37. The Morgan fingerprint density at radius 3 is 2.75 bits per heavy atom. The Balaban J connectivity index is 1.63. The summed E-state index contributed by atoms with van der Waals surface area (Å²) in [6.07, 6.45) is 1.09. The van der Waals surface area contributed by atoms with Gasteiger partial charge >= 0.3 is 5.69 Å². The molecule has 2 aromatic carbocycles. The molecular formula is C19H14ClN3O5. The van der Waals surface area contributed by atoms with Crippen molar-refractivity contribution in [2.45, 2.75) is 6.54 Å². The van der Waals surface area contributed by atoms with Crippen molar-refractivity contribution in [3.8, 4) is 11.5 Å². The van der Waals surface area contributed by atoms with Gasteiger partial charge in [-0.15, -0.1) is 0 Å². The van der Waals surface area contributed by atoms with Gasteiger partial charge in [0.05, 0.1) is 6.54 Å². The van der Waals surface area contributed by atoms with Crippen LogP contribution in [0.15, 0.2) is 58.3 Å². The molecule has 0 atom stereocenters. The van der Waals surface area contributed by atoms with Gasteiger partial charge in [0.25, 0.3) is 11.5 Å². The zero-order valence-corrected chi connectivity index (χ0v) is 15.2. The summed E-state index contributed by atoms with van der Waals surface area (Å²) >= 11 is 6.11. The third-order valence-corrected chi connectivity index (χ3v) is 4.59. The minimum absolute atomic E-state index is 0.0566. The van der Waals surface area contributed by atoms with E-state index in [4.69, 9.17) is 21.1 Å². The minimum Gasteiger partial charge on any atom is -0.454 e. The van der Waals surface area contributed by atoms with Gasteiger partial charge in [0, 0.05) is 23.0 Å². The number of carbonyl (C=O) groups is 1. The standard InChI is InChI=1S/C19H14ClN3O5/c20-14-4-2-1-3-11(14)9-23-18(25)13(8-21-19(23)26)17(24)22-12-5-6-15-16(7-12)28-10-27-15/h1-8H,9-10H2,(H,21,26)(H,22,24). The van der Waals surface area contributed by atoms with Crippen LogP contribution in [0.2, 0.25) is 5.02 Å². The molecule has 28 heavy (non-hydrogen) atoms. The molecule has 8 nitrogen and oxygen atoms in total. The number of aromatic nitrogens is 2. The smallest absolute Gasteiger partial charge is 0.328 e. The summed E-state index contributed by atoms with van der Waals surface area (Å²) in [5.41, 5.74) is -0.543. The first-order valence-corrected chi connectivity index (χ1v) is 8.67. The predicted octanol–water partition coefficient (Wildman–Crippen LogP) is 2.22. The normalized spacial score (nSPS) is 12.0. The number of nitrogens with one attached hydrogen (secondary N) is 2. The molecule has 2 heterocycles. The summed E-state index contributed by atoms with van der Waals surface area (Å²) in [5.74, 6) is 0.410. The van der Waals surface area contributed by atoms with Crippen LogP contribution in [0.5, 0.6) is 11.5 Å². The number of halogens is 1. The molecule has 3 aromatic rings. The van der Waals surface area contributed by atoms with E-state index in [1.165, 1.54) is 0 Å². The maximum atomic E-state index is 12.7. The molecule has 0 saturated carbocycles. The van der Waals surface area contributed by atoms with Crippen LogP contribution in [0.3, 0.4) is 0 Å². The number of rotatable bonds is 4. The molecule has 0 radical (unpaired) electrons. The Bertz CT molecular complexity index is 1180. The summed E-state index contributed by atoms with van der Waals surface area (Å²) in [4.78, 5) is 39.8. The van der Waals surface area contributed by atoms with Crippen LogP contribution < -0.4 is 26.0 Å². The molecule has 1 aliphatic rings. The highest BCUT2D eigenvalue weighted by atomic mass is 35.5. The first-order chi connectivity index (χ1) is 13.5. The molecule has 1 aliphatic heterocycles. The molecule has 1 amide bonds. The van der Waals surface area contributed by atoms with Crippen molar-refractivity contribution in [2.24, 2.45) is 0 Å². The summed E-state index contributed by atoms with van der Waals surface area (Å²) in [6, 6.07) is 11.7. The number of hydrogen-bond donors (Lipinski definition) is 2. The zero-order valence-electron chi connectivity index (χ0n) is 14.4. The Morgan fingerprint density at radius 1 is 1.14 bits per heavy atom. The topological polar surface area (TPSA) is 102 Å². The number of aromatic amines is 1. The van der Waals surface area contributed by atoms with Gasteiger partial charge in [0.2, 0.25) is 6.79 Å². The fraction of sp³-hybridized carbons (Fsp3) is 0.105. The summed E-state index contributed by atoms with van der Waals surface area (Å²) in [6.45, 7) is 0.0540. The van der Waals surface area contributed by atoms with E-state index in [0.29, 0.717) is 27.8 Å².